The molecule has 2 aromatic heterocycles. The van der Waals surface area contributed by atoms with Gasteiger partial charge in [0.05, 0.1) is 11.7 Å². The van der Waals surface area contributed by atoms with Gasteiger partial charge in [0.1, 0.15) is 11.4 Å². The van der Waals surface area contributed by atoms with E-state index in [-0.39, 0.29) is 5.39 Å². The smallest absolute Gasteiger partial charge is 0.289 e. The molecule has 0 unspecified atom stereocenters. The summed E-state index contributed by atoms with van der Waals surface area (Å²) >= 11 is 1.34. The lowest BCUT2D eigenvalue weighted by Crippen LogP contribution is -2.28. The molecule has 0 saturated heterocycles. The van der Waals surface area contributed by atoms with Crippen molar-refractivity contribution >= 4 is 21.6 Å². The Morgan fingerprint density at radius 2 is 1.71 bits per heavy atom. The molecule has 1 saturated carbocycles. The number of thiophene rings is 1. The second-order valence-corrected chi connectivity index (χ2v) is 8.89. The number of aromatic nitrogens is 2. The van der Waals surface area contributed by atoms with Crippen LogP contribution in [0.3, 0.4) is 0 Å². The number of alkyl halides is 3. The van der Waals surface area contributed by atoms with E-state index in [1.54, 1.807) is 0 Å². The van der Waals surface area contributed by atoms with Gasteiger partial charge in [-0.05, 0) is 35.4 Å². The third kappa shape index (κ3) is 3.78. The summed E-state index contributed by atoms with van der Waals surface area (Å²) in [6.07, 6.45) is 0.173. The highest BCUT2D eigenvalue weighted by atomic mass is 32.1. The molecular formula is C24H19F3N2OS. The molecule has 5 rings (SSSR count). The van der Waals surface area contributed by atoms with Gasteiger partial charge in [0.25, 0.3) is 5.56 Å². The van der Waals surface area contributed by atoms with Gasteiger partial charge in [-0.3, -0.25) is 9.36 Å². The van der Waals surface area contributed by atoms with Gasteiger partial charge < -0.3 is 0 Å². The lowest BCUT2D eigenvalue weighted by molar-refractivity contribution is -0.141. The number of hydrogen-bond donors (Lipinski definition) is 0. The highest BCUT2D eigenvalue weighted by Gasteiger charge is 2.30. The molecule has 2 heterocycles. The Kier molecular flexibility index (Phi) is 4.93. The maximum absolute atomic E-state index is 13.1. The third-order valence-corrected chi connectivity index (χ3v) is 6.99. The van der Waals surface area contributed by atoms with Crippen LogP contribution in [0.4, 0.5) is 13.2 Å². The minimum absolute atomic E-state index is 0.237. The summed E-state index contributed by atoms with van der Waals surface area (Å²) in [5.41, 5.74) is 3.01. The lowest BCUT2D eigenvalue weighted by Gasteiger charge is -2.25. The predicted molar refractivity (Wildman–Crippen MR) is 117 cm³/mol. The van der Waals surface area contributed by atoms with Crippen LogP contribution in [-0.4, -0.2) is 15.7 Å². The number of rotatable bonds is 4. The Morgan fingerprint density at radius 1 is 1.00 bits per heavy atom. The van der Waals surface area contributed by atoms with Crippen LogP contribution in [0.1, 0.15) is 30.7 Å². The van der Waals surface area contributed by atoms with Crippen LogP contribution in [0.5, 0.6) is 0 Å². The number of nitrogens with zero attached hydrogens (tertiary/aromatic N) is 2. The molecule has 0 N–H and O–H groups in total. The zero-order valence-corrected chi connectivity index (χ0v) is 17.3. The Hall–Kier alpha value is -2.93. The highest BCUT2D eigenvalue weighted by Crippen LogP contribution is 2.44. The van der Waals surface area contributed by atoms with Crippen LogP contribution in [0.15, 0.2) is 65.7 Å². The zero-order chi connectivity index (χ0) is 21.6. The molecule has 158 valence electrons. The topological polar surface area (TPSA) is 34.9 Å². The number of hydrogen-bond acceptors (Lipinski definition) is 3. The van der Waals surface area contributed by atoms with Crippen molar-refractivity contribution in [3.8, 4) is 21.6 Å². The monoisotopic (exact) mass is 440 g/mol. The standard InChI is InChI=1S/C24H19F3N2OS/c25-24(26,27)13-29-14-28-22-20(23(29)30)19(17-5-2-1-3-6-17)21(31-22)18-11-9-16(10-12-18)15-7-4-8-15/h1-3,5-6,9-12,14-15H,4,7-8,13H2. The Bertz CT molecular complexity index is 1290. The normalized spacial score (nSPS) is 14.7. The van der Waals surface area contributed by atoms with E-state index in [2.05, 4.69) is 17.1 Å². The summed E-state index contributed by atoms with van der Waals surface area (Å²) in [6.45, 7) is -1.36. The molecule has 0 aliphatic heterocycles. The van der Waals surface area contributed by atoms with Crippen LogP contribution in [0.25, 0.3) is 31.8 Å². The first-order chi connectivity index (χ1) is 14.9. The molecule has 7 heteroatoms. The molecular weight excluding hydrogens is 421 g/mol. The molecule has 0 radical (unpaired) electrons. The van der Waals surface area contributed by atoms with Gasteiger partial charge in [0.2, 0.25) is 0 Å². The van der Waals surface area contributed by atoms with Crippen LogP contribution in [0.2, 0.25) is 0 Å². The van der Waals surface area contributed by atoms with E-state index in [0.29, 0.717) is 20.9 Å². The minimum Gasteiger partial charge on any atom is -0.289 e. The largest absolute Gasteiger partial charge is 0.406 e. The summed E-state index contributed by atoms with van der Waals surface area (Å²) < 4.78 is 39.5. The SMILES string of the molecule is O=c1c2c(-c3ccccc3)c(-c3ccc(C4CCC4)cc3)sc2ncn1CC(F)(F)F. The van der Waals surface area contributed by atoms with Gasteiger partial charge in [0, 0.05) is 10.4 Å². The van der Waals surface area contributed by atoms with E-state index in [0.717, 1.165) is 22.3 Å². The Balaban J connectivity index is 1.71. The molecule has 1 aliphatic carbocycles. The molecule has 0 bridgehead atoms. The van der Waals surface area contributed by atoms with E-state index in [4.69, 9.17) is 0 Å². The van der Waals surface area contributed by atoms with Crippen molar-refractivity contribution in [3.05, 3.63) is 76.8 Å². The second-order valence-electron chi connectivity index (χ2n) is 7.90. The number of benzene rings is 2. The van der Waals surface area contributed by atoms with Crippen LogP contribution < -0.4 is 5.56 Å². The fourth-order valence-corrected chi connectivity index (χ4v) is 5.22. The molecule has 0 spiro atoms. The summed E-state index contributed by atoms with van der Waals surface area (Å²) in [5, 5.41) is 0.237. The number of halogens is 3. The van der Waals surface area contributed by atoms with Crippen LogP contribution >= 0.6 is 11.3 Å². The molecule has 31 heavy (non-hydrogen) atoms. The van der Waals surface area contributed by atoms with Crippen molar-refractivity contribution < 1.29 is 13.2 Å². The van der Waals surface area contributed by atoms with Crippen molar-refractivity contribution in [1.29, 1.82) is 0 Å². The first-order valence-electron chi connectivity index (χ1n) is 10.1. The molecule has 1 aliphatic rings. The van der Waals surface area contributed by atoms with Gasteiger partial charge in [-0.25, -0.2) is 4.98 Å². The maximum Gasteiger partial charge on any atom is 0.406 e. The predicted octanol–water partition coefficient (Wildman–Crippen LogP) is 6.62. The number of fused-ring (bicyclic) bond motifs is 1. The van der Waals surface area contributed by atoms with Gasteiger partial charge in [-0.1, -0.05) is 61.0 Å². The summed E-state index contributed by atoms with van der Waals surface area (Å²) in [4.78, 5) is 18.6. The van der Waals surface area contributed by atoms with Crippen molar-refractivity contribution in [2.45, 2.75) is 37.9 Å². The summed E-state index contributed by atoms with van der Waals surface area (Å²) in [5.74, 6) is 0.612. The minimum atomic E-state index is -4.50. The van der Waals surface area contributed by atoms with Crippen LogP contribution in [0, 0.1) is 0 Å². The van der Waals surface area contributed by atoms with Gasteiger partial charge >= 0.3 is 6.18 Å². The zero-order valence-electron chi connectivity index (χ0n) is 16.5. The fourth-order valence-electron chi connectivity index (χ4n) is 4.06. The molecule has 2 aromatic carbocycles. The van der Waals surface area contributed by atoms with Crippen molar-refractivity contribution in [2.75, 3.05) is 0 Å². The van der Waals surface area contributed by atoms with Crippen molar-refractivity contribution in [2.24, 2.45) is 0 Å². The average molecular weight is 440 g/mol. The third-order valence-electron chi connectivity index (χ3n) is 5.84. The molecule has 0 amide bonds. The van der Waals surface area contributed by atoms with Crippen molar-refractivity contribution in [3.63, 3.8) is 0 Å². The quantitative estimate of drug-likeness (QED) is 0.357. The van der Waals surface area contributed by atoms with Crippen LogP contribution in [-0.2, 0) is 6.54 Å². The highest BCUT2D eigenvalue weighted by molar-refractivity contribution is 7.22. The first-order valence-corrected chi connectivity index (χ1v) is 11.0. The Labute approximate surface area is 180 Å². The Morgan fingerprint density at radius 3 is 2.32 bits per heavy atom. The maximum atomic E-state index is 13.1. The van der Waals surface area contributed by atoms with E-state index in [1.165, 1.54) is 36.2 Å². The second kappa shape index (κ2) is 7.64. The van der Waals surface area contributed by atoms with E-state index in [9.17, 15) is 18.0 Å². The molecule has 3 nitrogen and oxygen atoms in total. The molecule has 4 aromatic rings. The van der Waals surface area contributed by atoms with Gasteiger partial charge in [-0.2, -0.15) is 13.2 Å². The molecule has 0 atom stereocenters. The summed E-state index contributed by atoms with van der Waals surface area (Å²) in [7, 11) is 0. The van der Waals surface area contributed by atoms with Gasteiger partial charge in [-0.15, -0.1) is 11.3 Å². The van der Waals surface area contributed by atoms with Gasteiger partial charge in [0.15, 0.2) is 0 Å². The van der Waals surface area contributed by atoms with E-state index >= 15 is 0 Å². The first kappa shape index (κ1) is 20.0. The average Bonchev–Trinajstić information content (AvgIpc) is 3.10. The van der Waals surface area contributed by atoms with E-state index < -0.39 is 18.3 Å². The molecule has 1 fully saturated rings. The lowest BCUT2D eigenvalue weighted by atomic mass is 9.80. The summed E-state index contributed by atoms with van der Waals surface area (Å²) in [6, 6.07) is 17.6. The van der Waals surface area contributed by atoms with E-state index in [1.807, 2.05) is 42.5 Å². The fraction of sp³-hybridized carbons (Fsp3) is 0.250. The van der Waals surface area contributed by atoms with Crippen molar-refractivity contribution in [1.82, 2.24) is 9.55 Å².